The predicted molar refractivity (Wildman–Crippen MR) is 106 cm³/mol. The van der Waals surface area contributed by atoms with E-state index >= 15 is 0 Å². The Labute approximate surface area is 163 Å². The Balaban J connectivity index is 1.65. The number of rotatable bonds is 7. The smallest absolute Gasteiger partial charge is 0.277 e. The number of hydrogen-bond acceptors (Lipinski definition) is 6. The van der Waals surface area contributed by atoms with Crippen LogP contribution < -0.4 is 4.74 Å². The van der Waals surface area contributed by atoms with Gasteiger partial charge in [-0.3, -0.25) is 4.79 Å². The third kappa shape index (κ3) is 4.77. The van der Waals surface area contributed by atoms with Gasteiger partial charge in [0.25, 0.3) is 5.22 Å². The first-order valence-electron chi connectivity index (χ1n) is 8.69. The molecule has 5 nitrogen and oxygen atoms in total. The van der Waals surface area contributed by atoms with Crippen molar-refractivity contribution in [3.63, 3.8) is 0 Å². The molecule has 3 aromatic rings. The summed E-state index contributed by atoms with van der Waals surface area (Å²) in [5.41, 5.74) is 3.84. The Morgan fingerprint density at radius 2 is 1.89 bits per heavy atom. The maximum atomic E-state index is 12.8. The third-order valence-corrected chi connectivity index (χ3v) is 5.20. The van der Waals surface area contributed by atoms with E-state index in [9.17, 15) is 4.79 Å². The Hall–Kier alpha value is -2.60. The Bertz CT molecular complexity index is 935. The molecular weight excluding hydrogens is 360 g/mol. The summed E-state index contributed by atoms with van der Waals surface area (Å²) in [6.45, 7) is 5.79. The lowest BCUT2D eigenvalue weighted by atomic mass is 10.0. The molecule has 0 aliphatic heterocycles. The average molecular weight is 382 g/mol. The number of Topliss-reactive ketones (excluding diaryl/α,β-unsaturated/α-hetero) is 1. The molecule has 140 valence electrons. The molecule has 27 heavy (non-hydrogen) atoms. The van der Waals surface area contributed by atoms with Gasteiger partial charge in [-0.15, -0.1) is 10.2 Å². The average Bonchev–Trinajstić information content (AvgIpc) is 3.10. The largest absolute Gasteiger partial charge is 0.497 e. The Morgan fingerprint density at radius 3 is 2.59 bits per heavy atom. The second kappa shape index (κ2) is 8.39. The van der Waals surface area contributed by atoms with Crippen LogP contribution in [0.3, 0.4) is 0 Å². The second-order valence-electron chi connectivity index (χ2n) is 6.43. The number of ether oxygens (including phenoxy) is 1. The molecule has 0 aliphatic rings. The Morgan fingerprint density at radius 1 is 1.15 bits per heavy atom. The predicted octanol–water partition coefficient (Wildman–Crippen LogP) is 4.65. The molecular formula is C21H22N2O3S. The van der Waals surface area contributed by atoms with Gasteiger partial charge >= 0.3 is 0 Å². The van der Waals surface area contributed by atoms with E-state index in [0.29, 0.717) is 17.5 Å². The van der Waals surface area contributed by atoms with Gasteiger partial charge in [0, 0.05) is 5.56 Å². The van der Waals surface area contributed by atoms with Crippen molar-refractivity contribution in [1.82, 2.24) is 10.2 Å². The molecule has 0 spiro atoms. The number of aryl methyl sites for hydroxylation is 2. The van der Waals surface area contributed by atoms with E-state index in [4.69, 9.17) is 9.15 Å². The van der Waals surface area contributed by atoms with Crippen molar-refractivity contribution in [3.8, 4) is 5.75 Å². The molecule has 0 amide bonds. The topological polar surface area (TPSA) is 65.2 Å². The molecule has 0 radical (unpaired) electrons. The number of hydrogen-bond donors (Lipinski definition) is 0. The highest BCUT2D eigenvalue weighted by Gasteiger charge is 2.21. The van der Waals surface area contributed by atoms with Crippen molar-refractivity contribution < 1.29 is 13.9 Å². The van der Waals surface area contributed by atoms with Crippen LogP contribution in [0.1, 0.15) is 39.9 Å². The summed E-state index contributed by atoms with van der Waals surface area (Å²) in [6.07, 6.45) is 0.539. The van der Waals surface area contributed by atoms with Crippen LogP contribution in [0.5, 0.6) is 5.75 Å². The highest BCUT2D eigenvalue weighted by Crippen LogP contribution is 2.26. The van der Waals surface area contributed by atoms with Crippen molar-refractivity contribution in [2.45, 2.75) is 37.7 Å². The molecule has 2 aromatic carbocycles. The first-order valence-corrected chi connectivity index (χ1v) is 9.57. The molecule has 0 bridgehead atoms. The molecule has 1 heterocycles. The number of nitrogens with zero attached hydrogens (tertiary/aromatic N) is 2. The van der Waals surface area contributed by atoms with Gasteiger partial charge in [0.1, 0.15) is 5.75 Å². The zero-order chi connectivity index (χ0) is 19.4. The number of aromatic nitrogens is 2. The zero-order valence-corrected chi connectivity index (χ0v) is 16.7. The minimum Gasteiger partial charge on any atom is -0.497 e. The van der Waals surface area contributed by atoms with Crippen LogP contribution in [-0.4, -0.2) is 28.3 Å². The Kier molecular flexibility index (Phi) is 5.96. The summed E-state index contributed by atoms with van der Waals surface area (Å²) in [5.74, 6) is 1.39. The molecule has 1 aromatic heterocycles. The molecule has 0 N–H and O–H groups in total. The van der Waals surface area contributed by atoms with Crippen LogP contribution >= 0.6 is 11.8 Å². The monoisotopic (exact) mass is 382 g/mol. The lowest BCUT2D eigenvalue weighted by Gasteiger charge is -2.10. The van der Waals surface area contributed by atoms with Crippen molar-refractivity contribution in [2.75, 3.05) is 7.11 Å². The fourth-order valence-corrected chi connectivity index (χ4v) is 3.47. The van der Waals surface area contributed by atoms with Gasteiger partial charge in [0.15, 0.2) is 5.78 Å². The fourth-order valence-electron chi connectivity index (χ4n) is 2.70. The summed E-state index contributed by atoms with van der Waals surface area (Å²) in [7, 11) is 1.64. The number of ketones is 1. The number of benzene rings is 2. The molecule has 3 rings (SSSR count). The number of methoxy groups -OCH3 is 1. The van der Waals surface area contributed by atoms with Crippen LogP contribution in [-0.2, 0) is 6.42 Å². The van der Waals surface area contributed by atoms with Crippen LogP contribution in [0, 0.1) is 13.8 Å². The first kappa shape index (κ1) is 19.2. The van der Waals surface area contributed by atoms with Crippen LogP contribution in [0.2, 0.25) is 0 Å². The number of carbonyl (C=O) groups is 1. The number of carbonyl (C=O) groups excluding carboxylic acids is 1. The van der Waals surface area contributed by atoms with Gasteiger partial charge < -0.3 is 9.15 Å². The maximum Gasteiger partial charge on any atom is 0.277 e. The number of thioether (sulfide) groups is 1. The summed E-state index contributed by atoms with van der Waals surface area (Å²) in [5, 5.41) is 8.26. The first-order chi connectivity index (χ1) is 13.0. The quantitative estimate of drug-likeness (QED) is 0.438. The lowest BCUT2D eigenvalue weighted by molar-refractivity contribution is 0.0993. The highest BCUT2D eigenvalue weighted by atomic mass is 32.2. The van der Waals surface area contributed by atoms with Gasteiger partial charge in [-0.2, -0.15) is 0 Å². The minimum atomic E-state index is -0.306. The van der Waals surface area contributed by atoms with Crippen molar-refractivity contribution in [1.29, 1.82) is 0 Å². The third-order valence-electron chi connectivity index (χ3n) is 4.27. The highest BCUT2D eigenvalue weighted by molar-refractivity contribution is 8.00. The SMILES string of the molecule is COc1ccc(Cc2nnc(SC(C)C(=O)c3cc(C)ccc3C)o2)cc1. The normalized spacial score (nSPS) is 12.0. The van der Waals surface area contributed by atoms with Crippen molar-refractivity contribution in [2.24, 2.45) is 0 Å². The van der Waals surface area contributed by atoms with Crippen LogP contribution in [0.15, 0.2) is 52.1 Å². The van der Waals surface area contributed by atoms with Gasteiger partial charge in [0.2, 0.25) is 5.89 Å². The van der Waals surface area contributed by atoms with E-state index in [-0.39, 0.29) is 11.0 Å². The standard InChI is InChI=1S/C21H22N2O3S/c1-13-5-6-14(2)18(11-13)20(24)15(3)27-21-23-22-19(26-21)12-16-7-9-17(25-4)10-8-16/h5-11,15H,12H2,1-4H3. The lowest BCUT2D eigenvalue weighted by Crippen LogP contribution is -2.15. The molecule has 0 saturated carbocycles. The summed E-state index contributed by atoms with van der Waals surface area (Å²) in [4.78, 5) is 12.8. The van der Waals surface area contributed by atoms with Gasteiger partial charge in [-0.25, -0.2) is 0 Å². The molecule has 0 saturated heterocycles. The van der Waals surface area contributed by atoms with E-state index in [1.807, 2.05) is 63.2 Å². The summed E-state index contributed by atoms with van der Waals surface area (Å²) in [6, 6.07) is 13.6. The molecule has 0 fully saturated rings. The zero-order valence-electron chi connectivity index (χ0n) is 15.9. The van der Waals surface area contributed by atoms with E-state index < -0.39 is 0 Å². The molecule has 1 atom stereocenters. The van der Waals surface area contributed by atoms with Crippen LogP contribution in [0.4, 0.5) is 0 Å². The fraction of sp³-hybridized carbons (Fsp3) is 0.286. The van der Waals surface area contributed by atoms with E-state index in [0.717, 1.165) is 28.0 Å². The second-order valence-corrected chi connectivity index (χ2v) is 7.72. The van der Waals surface area contributed by atoms with Crippen molar-refractivity contribution in [3.05, 3.63) is 70.6 Å². The van der Waals surface area contributed by atoms with Crippen LogP contribution in [0.25, 0.3) is 0 Å². The minimum absolute atomic E-state index is 0.0658. The van der Waals surface area contributed by atoms with E-state index in [1.165, 1.54) is 11.8 Å². The molecule has 1 unspecified atom stereocenters. The van der Waals surface area contributed by atoms with Crippen molar-refractivity contribution >= 4 is 17.5 Å². The summed E-state index contributed by atoms with van der Waals surface area (Å²) < 4.78 is 10.9. The van der Waals surface area contributed by atoms with E-state index in [2.05, 4.69) is 10.2 Å². The summed E-state index contributed by atoms with van der Waals surface area (Å²) >= 11 is 1.29. The molecule has 6 heteroatoms. The maximum absolute atomic E-state index is 12.8. The molecule has 0 aliphatic carbocycles. The van der Waals surface area contributed by atoms with E-state index in [1.54, 1.807) is 7.11 Å². The van der Waals surface area contributed by atoms with Gasteiger partial charge in [0.05, 0.1) is 18.8 Å². The van der Waals surface area contributed by atoms with Gasteiger partial charge in [-0.05, 0) is 50.1 Å². The van der Waals surface area contributed by atoms with Gasteiger partial charge in [-0.1, -0.05) is 41.6 Å².